The van der Waals surface area contributed by atoms with Crippen molar-refractivity contribution in [2.24, 2.45) is 5.84 Å². The standard InChI is InChI=1S/C16H14ClFN2O/c17-16-11(5-3-6-12(16)18)8-13(20-19)15-9-10-4-1-2-7-14(10)21-15/h1-7,9,13,20H,8,19H2. The maximum atomic E-state index is 13.5. The molecular formula is C16H14ClFN2O. The molecule has 108 valence electrons. The second-order valence-corrected chi connectivity index (χ2v) is 5.20. The van der Waals surface area contributed by atoms with E-state index in [2.05, 4.69) is 5.43 Å². The van der Waals surface area contributed by atoms with Gasteiger partial charge in [0.25, 0.3) is 0 Å². The molecule has 0 aliphatic heterocycles. The molecule has 0 bridgehead atoms. The molecule has 1 aromatic heterocycles. The normalized spacial score (nSPS) is 12.7. The van der Waals surface area contributed by atoms with Gasteiger partial charge in [-0.1, -0.05) is 41.9 Å². The van der Waals surface area contributed by atoms with Gasteiger partial charge in [0.05, 0.1) is 11.1 Å². The molecule has 0 spiro atoms. The van der Waals surface area contributed by atoms with Gasteiger partial charge in [-0.15, -0.1) is 0 Å². The number of halogens is 2. The van der Waals surface area contributed by atoms with Crippen molar-refractivity contribution < 1.29 is 8.81 Å². The SMILES string of the molecule is NNC(Cc1cccc(F)c1Cl)c1cc2ccccc2o1. The van der Waals surface area contributed by atoms with Crippen molar-refractivity contribution >= 4 is 22.6 Å². The maximum Gasteiger partial charge on any atom is 0.142 e. The van der Waals surface area contributed by atoms with Gasteiger partial charge in [0.1, 0.15) is 17.2 Å². The van der Waals surface area contributed by atoms with E-state index in [9.17, 15) is 4.39 Å². The molecule has 1 unspecified atom stereocenters. The number of hydrazine groups is 1. The van der Waals surface area contributed by atoms with E-state index in [4.69, 9.17) is 21.9 Å². The predicted molar refractivity (Wildman–Crippen MR) is 81.4 cm³/mol. The molecule has 1 heterocycles. The molecule has 3 rings (SSSR count). The summed E-state index contributed by atoms with van der Waals surface area (Å²) in [5.41, 5.74) is 4.17. The first kappa shape index (κ1) is 14.1. The van der Waals surface area contributed by atoms with Crippen molar-refractivity contribution in [3.05, 3.63) is 70.7 Å². The van der Waals surface area contributed by atoms with E-state index in [1.54, 1.807) is 12.1 Å². The van der Waals surface area contributed by atoms with Gasteiger partial charge in [-0.05, 0) is 30.2 Å². The number of benzene rings is 2. The third-order valence-electron chi connectivity index (χ3n) is 3.44. The Hall–Kier alpha value is -1.88. The van der Waals surface area contributed by atoms with Gasteiger partial charge in [-0.3, -0.25) is 5.84 Å². The minimum absolute atomic E-state index is 0.119. The highest BCUT2D eigenvalue weighted by molar-refractivity contribution is 6.31. The van der Waals surface area contributed by atoms with Gasteiger partial charge in [-0.2, -0.15) is 0 Å². The molecule has 0 aliphatic carbocycles. The Morgan fingerprint density at radius 1 is 1.19 bits per heavy atom. The van der Waals surface area contributed by atoms with Crippen LogP contribution in [-0.4, -0.2) is 0 Å². The fraction of sp³-hybridized carbons (Fsp3) is 0.125. The van der Waals surface area contributed by atoms with Gasteiger partial charge in [0.2, 0.25) is 0 Å². The lowest BCUT2D eigenvalue weighted by Gasteiger charge is -2.14. The van der Waals surface area contributed by atoms with E-state index in [1.807, 2.05) is 30.3 Å². The molecule has 21 heavy (non-hydrogen) atoms. The third-order valence-corrected chi connectivity index (χ3v) is 3.87. The van der Waals surface area contributed by atoms with Crippen LogP contribution in [0.2, 0.25) is 5.02 Å². The van der Waals surface area contributed by atoms with Gasteiger partial charge >= 0.3 is 0 Å². The van der Waals surface area contributed by atoms with Gasteiger partial charge in [-0.25, -0.2) is 9.82 Å². The smallest absolute Gasteiger partial charge is 0.142 e. The zero-order valence-electron chi connectivity index (χ0n) is 11.1. The number of nitrogens with two attached hydrogens (primary N) is 1. The number of hydrogen-bond donors (Lipinski definition) is 2. The Bertz CT molecular complexity index is 739. The Kier molecular flexibility index (Phi) is 3.92. The Labute approximate surface area is 126 Å². The summed E-state index contributed by atoms with van der Waals surface area (Å²) in [6.07, 6.45) is 0.437. The van der Waals surface area contributed by atoms with Crippen LogP contribution < -0.4 is 11.3 Å². The Balaban J connectivity index is 1.93. The first-order chi connectivity index (χ1) is 10.2. The van der Waals surface area contributed by atoms with Gasteiger partial charge < -0.3 is 4.42 Å². The highest BCUT2D eigenvalue weighted by Gasteiger charge is 2.18. The quantitative estimate of drug-likeness (QED) is 0.566. The summed E-state index contributed by atoms with van der Waals surface area (Å²) in [5.74, 6) is 5.87. The average Bonchev–Trinajstić information content (AvgIpc) is 2.92. The van der Waals surface area contributed by atoms with E-state index in [0.717, 1.165) is 11.0 Å². The van der Waals surface area contributed by atoms with Crippen LogP contribution in [-0.2, 0) is 6.42 Å². The number of hydrogen-bond acceptors (Lipinski definition) is 3. The summed E-state index contributed by atoms with van der Waals surface area (Å²) >= 11 is 5.99. The molecular weight excluding hydrogens is 291 g/mol. The summed E-state index contributed by atoms with van der Waals surface area (Å²) < 4.78 is 19.3. The van der Waals surface area contributed by atoms with Gasteiger partial charge in [0, 0.05) is 5.39 Å². The molecule has 2 aromatic carbocycles. The average molecular weight is 305 g/mol. The van der Waals surface area contributed by atoms with Crippen LogP contribution in [0.4, 0.5) is 4.39 Å². The second kappa shape index (κ2) is 5.85. The molecule has 5 heteroatoms. The van der Waals surface area contributed by atoms with E-state index >= 15 is 0 Å². The lowest BCUT2D eigenvalue weighted by molar-refractivity contribution is 0.434. The fourth-order valence-corrected chi connectivity index (χ4v) is 2.54. The van der Waals surface area contributed by atoms with Crippen molar-refractivity contribution in [3.8, 4) is 0 Å². The lowest BCUT2D eigenvalue weighted by atomic mass is 10.0. The molecule has 0 aliphatic rings. The van der Waals surface area contributed by atoms with Crippen LogP contribution in [0.25, 0.3) is 11.0 Å². The van der Waals surface area contributed by atoms with E-state index in [-0.39, 0.29) is 11.1 Å². The van der Waals surface area contributed by atoms with E-state index < -0.39 is 5.82 Å². The van der Waals surface area contributed by atoms with Crippen LogP contribution in [0.3, 0.4) is 0 Å². The summed E-state index contributed by atoms with van der Waals surface area (Å²) in [6, 6.07) is 14.1. The van der Waals surface area contributed by atoms with E-state index in [0.29, 0.717) is 17.7 Å². The summed E-state index contributed by atoms with van der Waals surface area (Å²) in [4.78, 5) is 0. The summed E-state index contributed by atoms with van der Waals surface area (Å²) in [5, 5.41) is 1.12. The van der Waals surface area contributed by atoms with Gasteiger partial charge in [0.15, 0.2) is 0 Å². The predicted octanol–water partition coefficient (Wildman–Crippen LogP) is 3.97. The minimum Gasteiger partial charge on any atom is -0.459 e. The number of rotatable bonds is 4. The molecule has 0 saturated heterocycles. The molecule has 1 atom stereocenters. The summed E-state index contributed by atoms with van der Waals surface area (Å²) in [7, 11) is 0. The molecule has 0 saturated carbocycles. The Morgan fingerprint density at radius 3 is 2.76 bits per heavy atom. The monoisotopic (exact) mass is 304 g/mol. The zero-order valence-corrected chi connectivity index (χ0v) is 11.9. The maximum absolute atomic E-state index is 13.5. The van der Waals surface area contributed by atoms with Crippen LogP contribution >= 0.6 is 11.6 Å². The zero-order chi connectivity index (χ0) is 14.8. The number of para-hydroxylation sites is 1. The van der Waals surface area contributed by atoms with Crippen molar-refractivity contribution in [2.45, 2.75) is 12.5 Å². The molecule has 0 amide bonds. The van der Waals surface area contributed by atoms with Crippen LogP contribution in [0.5, 0.6) is 0 Å². The van der Waals surface area contributed by atoms with Crippen LogP contribution in [0, 0.1) is 5.82 Å². The molecule has 0 radical (unpaired) electrons. The lowest BCUT2D eigenvalue weighted by Crippen LogP contribution is -2.29. The van der Waals surface area contributed by atoms with Crippen molar-refractivity contribution in [2.75, 3.05) is 0 Å². The van der Waals surface area contributed by atoms with E-state index in [1.165, 1.54) is 6.07 Å². The number of fused-ring (bicyclic) bond motifs is 1. The van der Waals surface area contributed by atoms with Crippen molar-refractivity contribution in [3.63, 3.8) is 0 Å². The fourth-order valence-electron chi connectivity index (χ4n) is 2.34. The Morgan fingerprint density at radius 2 is 2.00 bits per heavy atom. The minimum atomic E-state index is -0.436. The van der Waals surface area contributed by atoms with Crippen LogP contribution in [0.1, 0.15) is 17.4 Å². The highest BCUT2D eigenvalue weighted by Crippen LogP contribution is 2.28. The molecule has 3 nitrogen and oxygen atoms in total. The largest absolute Gasteiger partial charge is 0.459 e. The van der Waals surface area contributed by atoms with Crippen LogP contribution in [0.15, 0.2) is 52.9 Å². The number of nitrogens with one attached hydrogen (secondary N) is 1. The van der Waals surface area contributed by atoms with Crippen molar-refractivity contribution in [1.29, 1.82) is 0 Å². The van der Waals surface area contributed by atoms with Crippen molar-refractivity contribution in [1.82, 2.24) is 5.43 Å². The molecule has 0 fully saturated rings. The number of furan rings is 1. The highest BCUT2D eigenvalue weighted by atomic mass is 35.5. The molecule has 3 aromatic rings. The first-order valence-corrected chi connectivity index (χ1v) is 6.94. The first-order valence-electron chi connectivity index (χ1n) is 6.56. The summed E-state index contributed by atoms with van der Waals surface area (Å²) in [6.45, 7) is 0. The molecule has 3 N–H and O–H groups in total. The topological polar surface area (TPSA) is 51.2 Å². The second-order valence-electron chi connectivity index (χ2n) is 4.82. The third kappa shape index (κ3) is 2.78.